The van der Waals surface area contributed by atoms with Crippen LogP contribution in [0.4, 0.5) is 0 Å². The number of hydrogen-bond acceptors (Lipinski definition) is 3. The molecular formula is C20H30N2O2. The minimum Gasteiger partial charge on any atom is -0.385 e. The molecule has 2 fully saturated rings. The Morgan fingerprint density at radius 2 is 1.96 bits per heavy atom. The van der Waals surface area contributed by atoms with Crippen LogP contribution in [0.25, 0.3) is 0 Å². The van der Waals surface area contributed by atoms with Gasteiger partial charge in [-0.25, -0.2) is 0 Å². The fraction of sp³-hybridized carbons (Fsp3) is 0.650. The molecule has 1 heterocycles. The number of nitrogens with zero attached hydrogens (tertiary/aromatic N) is 1. The Kier molecular flexibility index (Phi) is 5.90. The van der Waals surface area contributed by atoms with Gasteiger partial charge in [0, 0.05) is 38.9 Å². The van der Waals surface area contributed by atoms with Gasteiger partial charge in [0.05, 0.1) is 6.42 Å². The third-order valence-corrected chi connectivity index (χ3v) is 5.42. The van der Waals surface area contributed by atoms with Crippen LogP contribution in [0.2, 0.25) is 0 Å². The lowest BCUT2D eigenvalue weighted by Crippen LogP contribution is -2.56. The third-order valence-electron chi connectivity index (χ3n) is 5.42. The lowest BCUT2D eigenvalue weighted by molar-refractivity contribution is -0.123. The van der Waals surface area contributed by atoms with E-state index in [0.717, 1.165) is 43.8 Å². The summed E-state index contributed by atoms with van der Waals surface area (Å²) in [6, 6.07) is 9.98. The predicted molar refractivity (Wildman–Crippen MR) is 95.9 cm³/mol. The number of carbonyl (C=O) groups excluding carboxylic acids is 1. The second-order valence-electron chi connectivity index (χ2n) is 7.48. The van der Waals surface area contributed by atoms with Crippen molar-refractivity contribution in [3.63, 3.8) is 0 Å². The van der Waals surface area contributed by atoms with Crippen molar-refractivity contribution >= 4 is 5.91 Å². The molecule has 1 aliphatic carbocycles. The van der Waals surface area contributed by atoms with E-state index in [0.29, 0.717) is 13.0 Å². The summed E-state index contributed by atoms with van der Waals surface area (Å²) in [4.78, 5) is 15.1. The predicted octanol–water partition coefficient (Wildman–Crippen LogP) is 2.63. The van der Waals surface area contributed by atoms with E-state index >= 15 is 0 Å². The molecule has 1 aliphatic heterocycles. The number of rotatable bonds is 8. The number of ether oxygens (including phenoxy) is 1. The standard InChI is InChI=1S/C20H30N2O2/c1-24-14-11-20(9-12-22(13-10-20)16-18-7-8-18)21-19(23)15-17-5-3-2-4-6-17/h2-6,18H,7-16H2,1H3,(H,21,23). The molecule has 3 rings (SSSR count). The first-order chi connectivity index (χ1) is 11.7. The molecule has 1 aromatic carbocycles. The quantitative estimate of drug-likeness (QED) is 0.797. The lowest BCUT2D eigenvalue weighted by Gasteiger charge is -2.42. The molecule has 1 saturated heterocycles. The summed E-state index contributed by atoms with van der Waals surface area (Å²) >= 11 is 0. The van der Waals surface area contributed by atoms with E-state index in [-0.39, 0.29) is 11.4 Å². The monoisotopic (exact) mass is 330 g/mol. The molecule has 132 valence electrons. The van der Waals surface area contributed by atoms with Crippen molar-refractivity contribution in [3.05, 3.63) is 35.9 Å². The molecule has 0 bridgehead atoms. The maximum Gasteiger partial charge on any atom is 0.224 e. The number of nitrogens with one attached hydrogen (secondary N) is 1. The molecule has 2 aliphatic rings. The Bertz CT molecular complexity index is 520. The van der Waals surface area contributed by atoms with E-state index in [1.807, 2.05) is 30.3 Å². The summed E-state index contributed by atoms with van der Waals surface area (Å²) in [6.07, 6.45) is 6.23. The largest absolute Gasteiger partial charge is 0.385 e. The Hall–Kier alpha value is -1.39. The highest BCUT2D eigenvalue weighted by molar-refractivity contribution is 5.79. The number of carbonyl (C=O) groups is 1. The van der Waals surface area contributed by atoms with Gasteiger partial charge in [-0.15, -0.1) is 0 Å². The SMILES string of the molecule is COCCC1(NC(=O)Cc2ccccc2)CCN(CC2CC2)CC1. The fourth-order valence-electron chi connectivity index (χ4n) is 3.69. The van der Waals surface area contributed by atoms with E-state index in [2.05, 4.69) is 10.2 Å². The summed E-state index contributed by atoms with van der Waals surface area (Å²) in [5.41, 5.74) is 0.977. The topological polar surface area (TPSA) is 41.6 Å². The van der Waals surface area contributed by atoms with E-state index in [4.69, 9.17) is 4.74 Å². The van der Waals surface area contributed by atoms with Crippen LogP contribution in [0.5, 0.6) is 0 Å². The third kappa shape index (κ3) is 5.05. The van der Waals surface area contributed by atoms with Gasteiger partial charge in [-0.2, -0.15) is 0 Å². The van der Waals surface area contributed by atoms with Crippen molar-refractivity contribution in [1.82, 2.24) is 10.2 Å². The molecule has 0 spiro atoms. The molecule has 0 atom stereocenters. The van der Waals surface area contributed by atoms with Gasteiger partial charge in [0.15, 0.2) is 0 Å². The second kappa shape index (κ2) is 8.13. The maximum atomic E-state index is 12.6. The highest BCUT2D eigenvalue weighted by Crippen LogP contribution is 2.32. The van der Waals surface area contributed by atoms with Crippen LogP contribution in [-0.4, -0.2) is 49.7 Å². The van der Waals surface area contributed by atoms with Crippen molar-refractivity contribution in [3.8, 4) is 0 Å². The Morgan fingerprint density at radius 3 is 2.58 bits per heavy atom. The first kappa shape index (κ1) is 17.4. The molecule has 0 unspecified atom stereocenters. The summed E-state index contributed by atoms with van der Waals surface area (Å²) < 4.78 is 5.31. The molecule has 1 saturated carbocycles. The fourth-order valence-corrected chi connectivity index (χ4v) is 3.69. The minimum absolute atomic E-state index is 0.0953. The number of benzene rings is 1. The van der Waals surface area contributed by atoms with Crippen molar-refractivity contribution in [2.45, 2.75) is 44.1 Å². The van der Waals surface area contributed by atoms with Gasteiger partial charge < -0.3 is 15.0 Å². The van der Waals surface area contributed by atoms with Gasteiger partial charge >= 0.3 is 0 Å². The van der Waals surface area contributed by atoms with Gasteiger partial charge in [0.25, 0.3) is 0 Å². The Morgan fingerprint density at radius 1 is 1.25 bits per heavy atom. The van der Waals surface area contributed by atoms with Crippen molar-refractivity contribution < 1.29 is 9.53 Å². The number of piperidine rings is 1. The smallest absolute Gasteiger partial charge is 0.224 e. The van der Waals surface area contributed by atoms with E-state index < -0.39 is 0 Å². The molecule has 1 amide bonds. The van der Waals surface area contributed by atoms with Crippen molar-refractivity contribution in [2.75, 3.05) is 33.4 Å². The number of methoxy groups -OCH3 is 1. The molecule has 1 N–H and O–H groups in total. The van der Waals surface area contributed by atoms with Crippen LogP contribution in [0.1, 0.15) is 37.7 Å². The van der Waals surface area contributed by atoms with Crippen LogP contribution in [-0.2, 0) is 16.0 Å². The van der Waals surface area contributed by atoms with Crippen LogP contribution in [0, 0.1) is 5.92 Å². The van der Waals surface area contributed by atoms with Gasteiger partial charge in [-0.1, -0.05) is 30.3 Å². The first-order valence-corrected chi connectivity index (χ1v) is 9.25. The summed E-state index contributed by atoms with van der Waals surface area (Å²) in [6.45, 7) is 4.13. The van der Waals surface area contributed by atoms with Gasteiger partial charge in [-0.05, 0) is 43.6 Å². The highest BCUT2D eigenvalue weighted by atomic mass is 16.5. The highest BCUT2D eigenvalue weighted by Gasteiger charge is 2.36. The van der Waals surface area contributed by atoms with Crippen LogP contribution < -0.4 is 5.32 Å². The second-order valence-corrected chi connectivity index (χ2v) is 7.48. The number of hydrogen-bond donors (Lipinski definition) is 1. The molecule has 0 aromatic heterocycles. The number of likely N-dealkylation sites (tertiary alicyclic amines) is 1. The van der Waals surface area contributed by atoms with Crippen LogP contribution >= 0.6 is 0 Å². The van der Waals surface area contributed by atoms with E-state index in [1.54, 1.807) is 7.11 Å². The summed E-state index contributed by atoms with van der Waals surface area (Å²) in [5.74, 6) is 1.07. The van der Waals surface area contributed by atoms with Gasteiger partial charge in [0.1, 0.15) is 0 Å². The lowest BCUT2D eigenvalue weighted by atomic mass is 9.84. The molecular weight excluding hydrogens is 300 g/mol. The zero-order valence-electron chi connectivity index (χ0n) is 14.8. The first-order valence-electron chi connectivity index (χ1n) is 9.25. The Labute approximate surface area is 145 Å². The normalized spacial score (nSPS) is 20.7. The zero-order chi connectivity index (χ0) is 16.8. The van der Waals surface area contributed by atoms with Gasteiger partial charge in [-0.3, -0.25) is 4.79 Å². The van der Waals surface area contributed by atoms with Crippen molar-refractivity contribution in [2.24, 2.45) is 5.92 Å². The minimum atomic E-state index is -0.0953. The maximum absolute atomic E-state index is 12.6. The molecule has 1 aromatic rings. The van der Waals surface area contributed by atoms with Gasteiger partial charge in [0.2, 0.25) is 5.91 Å². The van der Waals surface area contributed by atoms with Crippen LogP contribution in [0.3, 0.4) is 0 Å². The summed E-state index contributed by atoms with van der Waals surface area (Å²) in [5, 5.41) is 3.36. The average molecular weight is 330 g/mol. The summed E-state index contributed by atoms with van der Waals surface area (Å²) in [7, 11) is 1.74. The Balaban J connectivity index is 1.55. The van der Waals surface area contributed by atoms with E-state index in [9.17, 15) is 4.79 Å². The van der Waals surface area contributed by atoms with Crippen LogP contribution in [0.15, 0.2) is 30.3 Å². The molecule has 24 heavy (non-hydrogen) atoms. The zero-order valence-corrected chi connectivity index (χ0v) is 14.8. The van der Waals surface area contributed by atoms with E-state index in [1.165, 1.54) is 19.4 Å². The molecule has 4 heteroatoms. The molecule has 4 nitrogen and oxygen atoms in total. The average Bonchev–Trinajstić information content (AvgIpc) is 3.40. The van der Waals surface area contributed by atoms with Crippen molar-refractivity contribution in [1.29, 1.82) is 0 Å². The molecule has 0 radical (unpaired) electrons. The number of amides is 1.